The highest BCUT2D eigenvalue weighted by Crippen LogP contribution is 2.29. The summed E-state index contributed by atoms with van der Waals surface area (Å²) in [6.45, 7) is 5.09. The maximum absolute atomic E-state index is 13.6. The van der Waals surface area contributed by atoms with E-state index in [1.807, 2.05) is 0 Å². The zero-order valence-corrected chi connectivity index (χ0v) is 16.5. The van der Waals surface area contributed by atoms with Gasteiger partial charge in [-0.2, -0.15) is 0 Å². The molecule has 0 aromatic heterocycles. The molecule has 8 heteroatoms. The molecule has 0 radical (unpaired) electrons. The molecule has 0 spiro atoms. The second-order valence-corrected chi connectivity index (χ2v) is 7.73. The summed E-state index contributed by atoms with van der Waals surface area (Å²) < 4.78 is 18.9. The van der Waals surface area contributed by atoms with Crippen LogP contribution in [0, 0.1) is 5.82 Å². The predicted molar refractivity (Wildman–Crippen MR) is 105 cm³/mol. The Bertz CT molecular complexity index is 664. The van der Waals surface area contributed by atoms with Crippen molar-refractivity contribution in [3.05, 3.63) is 24.0 Å². The molecule has 0 saturated carbocycles. The molecule has 2 heterocycles. The van der Waals surface area contributed by atoms with Gasteiger partial charge in [-0.3, -0.25) is 19.4 Å². The van der Waals surface area contributed by atoms with Gasteiger partial charge in [0.25, 0.3) is 5.24 Å². The Kier molecular flexibility index (Phi) is 6.95. The molecule has 6 nitrogen and oxygen atoms in total. The minimum atomic E-state index is -0.249. The Hall–Kier alpha value is -1.80. The maximum Gasteiger partial charge on any atom is 0.288 e. The third kappa shape index (κ3) is 5.13. The number of rotatable bonds is 8. The maximum atomic E-state index is 13.6. The Morgan fingerprint density at radius 1 is 1.07 bits per heavy atom. The molecule has 3 rings (SSSR count). The molecule has 0 unspecified atom stereocenters. The van der Waals surface area contributed by atoms with Crippen molar-refractivity contribution < 1.29 is 18.7 Å². The molecule has 0 aliphatic carbocycles. The number of benzene rings is 1. The summed E-state index contributed by atoms with van der Waals surface area (Å²) in [5, 5.41) is -0.108. The molecule has 27 heavy (non-hydrogen) atoms. The van der Waals surface area contributed by atoms with Crippen LogP contribution in [0.15, 0.2) is 18.2 Å². The lowest BCUT2D eigenvalue weighted by Gasteiger charge is -2.36. The second kappa shape index (κ2) is 9.41. The lowest BCUT2D eigenvalue weighted by molar-refractivity contribution is -0.124. The van der Waals surface area contributed by atoms with Gasteiger partial charge >= 0.3 is 0 Å². The van der Waals surface area contributed by atoms with Crippen LogP contribution in [0.1, 0.15) is 19.3 Å². The first-order chi connectivity index (χ1) is 13.1. The summed E-state index contributed by atoms with van der Waals surface area (Å²) in [6, 6.07) is 4.62. The average molecular weight is 396 g/mol. The Balaban J connectivity index is 1.36. The molecule has 2 aliphatic heterocycles. The SMILES string of the molecule is COc1ccc(F)cc1N1CCN(CCCCCN2C(=O)CSC2=O)CC1. The monoisotopic (exact) mass is 395 g/mol. The van der Waals surface area contributed by atoms with Gasteiger partial charge in [0.05, 0.1) is 18.6 Å². The number of piperazine rings is 1. The smallest absolute Gasteiger partial charge is 0.288 e. The molecule has 0 N–H and O–H groups in total. The first-order valence-corrected chi connectivity index (χ1v) is 10.3. The normalized spacial score (nSPS) is 18.4. The number of imide groups is 1. The molecule has 1 aromatic carbocycles. The first-order valence-electron chi connectivity index (χ1n) is 9.36. The average Bonchev–Trinajstić information content (AvgIpc) is 3.00. The molecule has 2 amide bonds. The number of hydrogen-bond donors (Lipinski definition) is 0. The fraction of sp³-hybridized carbons (Fsp3) is 0.579. The van der Waals surface area contributed by atoms with Crippen molar-refractivity contribution in [3.8, 4) is 5.75 Å². The molecule has 148 valence electrons. The summed E-state index contributed by atoms with van der Waals surface area (Å²) in [4.78, 5) is 29.0. The number of methoxy groups -OCH3 is 1. The standard InChI is InChI=1S/C19H26FN3O3S/c1-26-17-6-5-15(20)13-16(17)22-11-9-21(10-12-22)7-3-2-4-8-23-18(24)14-27-19(23)25/h5-6,13H,2-4,7-12,14H2,1H3. The number of thioether (sulfide) groups is 1. The van der Waals surface area contributed by atoms with E-state index in [1.54, 1.807) is 13.2 Å². The number of nitrogens with zero attached hydrogens (tertiary/aromatic N) is 3. The summed E-state index contributed by atoms with van der Waals surface area (Å²) >= 11 is 1.09. The van der Waals surface area contributed by atoms with E-state index in [0.717, 1.165) is 69.4 Å². The van der Waals surface area contributed by atoms with Crippen molar-refractivity contribution in [2.24, 2.45) is 0 Å². The topological polar surface area (TPSA) is 53.1 Å². The quantitative estimate of drug-likeness (QED) is 0.631. The van der Waals surface area contributed by atoms with Crippen LogP contribution < -0.4 is 9.64 Å². The van der Waals surface area contributed by atoms with Crippen molar-refractivity contribution in [1.29, 1.82) is 0 Å². The van der Waals surface area contributed by atoms with Crippen LogP contribution in [0.25, 0.3) is 0 Å². The van der Waals surface area contributed by atoms with Gasteiger partial charge in [-0.25, -0.2) is 4.39 Å². The molecular weight excluding hydrogens is 369 g/mol. The van der Waals surface area contributed by atoms with E-state index in [4.69, 9.17) is 4.74 Å². The van der Waals surface area contributed by atoms with Crippen molar-refractivity contribution in [2.45, 2.75) is 19.3 Å². The van der Waals surface area contributed by atoms with E-state index in [9.17, 15) is 14.0 Å². The second-order valence-electron chi connectivity index (χ2n) is 6.81. The molecule has 0 bridgehead atoms. The van der Waals surface area contributed by atoms with Crippen molar-refractivity contribution >= 4 is 28.6 Å². The molecule has 2 aliphatic rings. The number of carbonyl (C=O) groups excluding carboxylic acids is 2. The van der Waals surface area contributed by atoms with Gasteiger partial charge in [0, 0.05) is 38.8 Å². The van der Waals surface area contributed by atoms with Crippen LogP contribution >= 0.6 is 11.8 Å². The Morgan fingerprint density at radius 3 is 2.48 bits per heavy atom. The van der Waals surface area contributed by atoms with Gasteiger partial charge in [0.1, 0.15) is 11.6 Å². The highest BCUT2D eigenvalue weighted by atomic mass is 32.2. The highest BCUT2D eigenvalue weighted by molar-refractivity contribution is 8.14. The van der Waals surface area contributed by atoms with Gasteiger partial charge in [-0.1, -0.05) is 18.2 Å². The van der Waals surface area contributed by atoms with Crippen LogP contribution in [0.3, 0.4) is 0 Å². The number of ether oxygens (including phenoxy) is 1. The first kappa shape index (κ1) is 19.9. The van der Waals surface area contributed by atoms with Crippen LogP contribution in [0.4, 0.5) is 14.9 Å². The fourth-order valence-electron chi connectivity index (χ4n) is 3.50. The van der Waals surface area contributed by atoms with Gasteiger partial charge in [-0.05, 0) is 31.5 Å². The molecule has 0 atom stereocenters. The number of amides is 2. The fourth-order valence-corrected chi connectivity index (χ4v) is 4.25. The van der Waals surface area contributed by atoms with E-state index in [-0.39, 0.29) is 17.0 Å². The van der Waals surface area contributed by atoms with Crippen LogP contribution in [-0.4, -0.2) is 73.1 Å². The van der Waals surface area contributed by atoms with Crippen LogP contribution in [0.2, 0.25) is 0 Å². The minimum absolute atomic E-state index is 0.0612. The molecule has 2 saturated heterocycles. The zero-order chi connectivity index (χ0) is 19.2. The van der Waals surface area contributed by atoms with E-state index in [1.165, 1.54) is 17.0 Å². The largest absolute Gasteiger partial charge is 0.495 e. The van der Waals surface area contributed by atoms with E-state index in [0.29, 0.717) is 18.0 Å². The van der Waals surface area contributed by atoms with E-state index >= 15 is 0 Å². The summed E-state index contributed by atoms with van der Waals surface area (Å²) in [5.74, 6) is 0.684. The van der Waals surface area contributed by atoms with Gasteiger partial charge in [-0.15, -0.1) is 0 Å². The lowest BCUT2D eigenvalue weighted by Crippen LogP contribution is -2.46. The summed E-state index contributed by atoms with van der Waals surface area (Å²) in [6.07, 6.45) is 2.91. The number of halogens is 1. The molecule has 2 fully saturated rings. The van der Waals surface area contributed by atoms with Gasteiger partial charge in [0.2, 0.25) is 5.91 Å². The van der Waals surface area contributed by atoms with Crippen molar-refractivity contribution in [2.75, 3.05) is 57.0 Å². The van der Waals surface area contributed by atoms with Crippen LogP contribution in [-0.2, 0) is 4.79 Å². The number of carbonyl (C=O) groups is 2. The summed E-state index contributed by atoms with van der Waals surface area (Å²) in [5.41, 5.74) is 0.815. The number of hydrogen-bond acceptors (Lipinski definition) is 6. The van der Waals surface area contributed by atoms with Crippen LogP contribution in [0.5, 0.6) is 5.75 Å². The molecule has 1 aromatic rings. The third-order valence-electron chi connectivity index (χ3n) is 5.05. The lowest BCUT2D eigenvalue weighted by atomic mass is 10.2. The Labute approximate surface area is 163 Å². The van der Waals surface area contributed by atoms with E-state index < -0.39 is 0 Å². The predicted octanol–water partition coefficient (Wildman–Crippen LogP) is 2.82. The van der Waals surface area contributed by atoms with Crippen molar-refractivity contribution in [3.63, 3.8) is 0 Å². The van der Waals surface area contributed by atoms with Crippen molar-refractivity contribution in [1.82, 2.24) is 9.80 Å². The minimum Gasteiger partial charge on any atom is -0.495 e. The van der Waals surface area contributed by atoms with Gasteiger partial charge in [0.15, 0.2) is 0 Å². The number of anilines is 1. The Morgan fingerprint density at radius 2 is 1.81 bits per heavy atom. The van der Waals surface area contributed by atoms with E-state index in [2.05, 4.69) is 9.80 Å². The summed E-state index contributed by atoms with van der Waals surface area (Å²) in [7, 11) is 1.61. The zero-order valence-electron chi connectivity index (χ0n) is 15.7. The number of unbranched alkanes of at least 4 members (excludes halogenated alkanes) is 2. The van der Waals surface area contributed by atoms with Gasteiger partial charge < -0.3 is 9.64 Å². The molecular formula is C19H26FN3O3S. The third-order valence-corrected chi connectivity index (χ3v) is 5.91. The highest BCUT2D eigenvalue weighted by Gasteiger charge is 2.29.